The number of benzene rings is 3. The van der Waals surface area contributed by atoms with Crippen molar-refractivity contribution < 1.29 is 43.2 Å². The van der Waals surface area contributed by atoms with Crippen LogP contribution in [-0.4, -0.2) is 77.7 Å². The third kappa shape index (κ3) is 10.4. The number of hydrogen-bond donors (Lipinski definition) is 2. The van der Waals surface area contributed by atoms with Crippen molar-refractivity contribution in [1.82, 2.24) is 4.90 Å². The summed E-state index contributed by atoms with van der Waals surface area (Å²) in [5.41, 5.74) is 4.08. The molecule has 3 aromatic carbocycles. The van der Waals surface area contributed by atoms with Gasteiger partial charge in [-0.3, -0.25) is 4.90 Å². The molecule has 316 valence electrons. The van der Waals surface area contributed by atoms with E-state index >= 15 is 0 Å². The fourth-order valence-electron chi connectivity index (χ4n) is 8.95. The second-order valence-electron chi connectivity index (χ2n) is 15.2. The average molecular weight is 831 g/mol. The molecule has 1 heterocycles. The molecule has 3 aliphatic rings. The van der Waals surface area contributed by atoms with Gasteiger partial charge in [-0.05, 0) is 84.6 Å². The summed E-state index contributed by atoms with van der Waals surface area (Å²) < 4.78 is 40.4. The predicted octanol–water partition coefficient (Wildman–Crippen LogP) is 9.10. The normalized spacial score (nSPS) is 23.6. The van der Waals surface area contributed by atoms with Gasteiger partial charge in [-0.25, -0.2) is 9.18 Å². The molecule has 2 aliphatic carbocycles. The fraction of sp³-hybridized carbons (Fsp3) is 0.447. The van der Waals surface area contributed by atoms with E-state index in [1.807, 2.05) is 48.5 Å². The molecule has 1 saturated carbocycles. The number of rotatable bonds is 22. The fourth-order valence-corrected chi connectivity index (χ4v) is 9.03. The molecule has 59 heavy (non-hydrogen) atoms. The molecule has 1 fully saturated rings. The molecule has 10 nitrogen and oxygen atoms in total. The Bertz CT molecular complexity index is 1910. The van der Waals surface area contributed by atoms with Crippen molar-refractivity contribution in [2.75, 3.05) is 38.9 Å². The number of nitrogens with zero attached hydrogens (tertiary/aromatic N) is 2. The first-order chi connectivity index (χ1) is 28.9. The maximum atomic E-state index is 14.4. The standard InChI is InChI=1S/C47H56ClFN2O8/c1-3-25-55-37-20-21-42-40(29-37)44-38(15-9-11-24-53)35(14-8-10-23-52)28-39-41(50-58-32-34-12-6-5-7-13-34)30-43(47(59-42,45(39)44)57-26-4-2)51(46(54)56-27-22-48)31-33-16-18-36(49)19-17-33/h3-7,12-13,16-21,28-29,35,38,43-45,52-53H,1-2,8-11,14-15,22-27,30-32H2. The lowest BCUT2D eigenvalue weighted by molar-refractivity contribution is -0.256. The lowest BCUT2D eigenvalue weighted by Crippen LogP contribution is -2.70. The Morgan fingerprint density at radius 1 is 0.966 bits per heavy atom. The molecular formula is C47H56ClFN2O8. The van der Waals surface area contributed by atoms with Crippen LogP contribution in [-0.2, 0) is 27.5 Å². The van der Waals surface area contributed by atoms with E-state index in [1.165, 1.54) is 12.1 Å². The first kappa shape index (κ1) is 43.9. The average Bonchev–Trinajstić information content (AvgIpc) is 3.25. The van der Waals surface area contributed by atoms with E-state index in [1.54, 1.807) is 29.2 Å². The Kier molecular flexibility index (Phi) is 16.0. The number of oxime groups is 1. The van der Waals surface area contributed by atoms with Gasteiger partial charge in [0.15, 0.2) is 0 Å². The SMILES string of the molecule is C=CCOc1ccc2c(c1)C1C(CCCCO)C(CCCCO)C=C3C(=NOCc4ccccc4)CC(N(Cc4ccc(F)cc4)C(=O)OCCCl)C(OCC=C)(O2)C31. The van der Waals surface area contributed by atoms with Crippen LogP contribution in [0.1, 0.15) is 67.6 Å². The quantitative estimate of drug-likeness (QED) is 0.0446. The van der Waals surface area contributed by atoms with E-state index in [9.17, 15) is 19.4 Å². The van der Waals surface area contributed by atoms with Gasteiger partial charge in [-0.2, -0.15) is 0 Å². The molecule has 2 N–H and O–H groups in total. The van der Waals surface area contributed by atoms with Gasteiger partial charge in [0.1, 0.15) is 43.2 Å². The minimum Gasteiger partial charge on any atom is -0.490 e. The third-order valence-electron chi connectivity index (χ3n) is 11.4. The predicted molar refractivity (Wildman–Crippen MR) is 226 cm³/mol. The number of aliphatic hydroxyl groups excluding tert-OH is 2. The van der Waals surface area contributed by atoms with Crippen LogP contribution < -0.4 is 9.47 Å². The molecule has 0 aromatic heterocycles. The summed E-state index contributed by atoms with van der Waals surface area (Å²) >= 11 is 6.06. The molecule has 0 bridgehead atoms. The zero-order valence-corrected chi connectivity index (χ0v) is 34.3. The van der Waals surface area contributed by atoms with Crippen molar-refractivity contribution in [2.24, 2.45) is 22.9 Å². The highest BCUT2D eigenvalue weighted by atomic mass is 35.5. The van der Waals surface area contributed by atoms with Gasteiger partial charge in [0.25, 0.3) is 0 Å². The molecule has 12 heteroatoms. The van der Waals surface area contributed by atoms with Crippen LogP contribution in [0.5, 0.6) is 11.5 Å². The van der Waals surface area contributed by atoms with Gasteiger partial charge in [-0.1, -0.05) is 85.3 Å². The van der Waals surface area contributed by atoms with Gasteiger partial charge in [0.05, 0.1) is 24.1 Å². The molecule has 1 aliphatic heterocycles. The molecule has 3 aromatic rings. The molecule has 0 spiro atoms. The van der Waals surface area contributed by atoms with Crippen molar-refractivity contribution in [3.8, 4) is 11.5 Å². The number of halogens is 2. The lowest BCUT2D eigenvalue weighted by atomic mass is 9.55. The van der Waals surface area contributed by atoms with Crippen molar-refractivity contribution >= 4 is 23.4 Å². The number of aliphatic hydroxyl groups is 2. The van der Waals surface area contributed by atoms with Crippen molar-refractivity contribution in [3.63, 3.8) is 0 Å². The molecule has 6 atom stereocenters. The summed E-state index contributed by atoms with van der Waals surface area (Å²) in [6.45, 7) is 8.63. The first-order valence-electron chi connectivity index (χ1n) is 20.6. The Balaban J connectivity index is 1.60. The molecule has 0 saturated heterocycles. The zero-order chi connectivity index (χ0) is 41.6. The number of allylic oxidation sites excluding steroid dienone is 1. The van der Waals surface area contributed by atoms with E-state index < -0.39 is 29.7 Å². The highest BCUT2D eigenvalue weighted by Gasteiger charge is 2.65. The van der Waals surface area contributed by atoms with Crippen LogP contribution in [0.2, 0.25) is 0 Å². The third-order valence-corrected chi connectivity index (χ3v) is 11.6. The Morgan fingerprint density at radius 2 is 1.71 bits per heavy atom. The summed E-state index contributed by atoms with van der Waals surface area (Å²) in [7, 11) is 0. The van der Waals surface area contributed by atoms with Gasteiger partial charge >= 0.3 is 6.09 Å². The van der Waals surface area contributed by atoms with Crippen molar-refractivity contribution in [1.29, 1.82) is 0 Å². The van der Waals surface area contributed by atoms with Gasteiger partial charge in [0.2, 0.25) is 5.79 Å². The summed E-state index contributed by atoms with van der Waals surface area (Å²) in [5.74, 6) is -1.28. The number of ether oxygens (including phenoxy) is 4. The molecular weight excluding hydrogens is 775 g/mol. The van der Waals surface area contributed by atoms with E-state index in [0.29, 0.717) is 42.2 Å². The Hall–Kier alpha value is -4.68. The number of hydrogen-bond acceptors (Lipinski definition) is 9. The van der Waals surface area contributed by atoms with Crippen LogP contribution >= 0.6 is 11.6 Å². The minimum absolute atomic E-state index is 0.0250. The van der Waals surface area contributed by atoms with E-state index in [4.69, 9.17) is 40.5 Å². The first-order valence-corrected chi connectivity index (χ1v) is 21.1. The van der Waals surface area contributed by atoms with Gasteiger partial charge < -0.3 is 34.0 Å². The number of fused-ring (bicyclic) bond motifs is 2. The topological polar surface area (TPSA) is 119 Å². The second-order valence-corrected chi connectivity index (χ2v) is 15.6. The van der Waals surface area contributed by atoms with Gasteiger partial charge in [-0.15, -0.1) is 18.2 Å². The van der Waals surface area contributed by atoms with E-state index in [0.717, 1.165) is 42.4 Å². The lowest BCUT2D eigenvalue weighted by Gasteiger charge is -2.59. The molecule has 1 amide bonds. The number of alkyl halides is 1. The highest BCUT2D eigenvalue weighted by molar-refractivity contribution is 6.18. The second kappa shape index (κ2) is 21.5. The maximum absolute atomic E-state index is 14.4. The summed E-state index contributed by atoms with van der Waals surface area (Å²) in [6.07, 6.45) is 9.64. The van der Waals surface area contributed by atoms with Crippen LogP contribution in [0.25, 0.3) is 0 Å². The Morgan fingerprint density at radius 3 is 2.42 bits per heavy atom. The maximum Gasteiger partial charge on any atom is 0.410 e. The zero-order valence-electron chi connectivity index (χ0n) is 33.6. The number of amides is 1. The monoisotopic (exact) mass is 830 g/mol. The summed E-state index contributed by atoms with van der Waals surface area (Å²) in [4.78, 5) is 22.2. The van der Waals surface area contributed by atoms with Crippen LogP contribution in [0.3, 0.4) is 0 Å². The number of carbonyl (C=O) groups is 1. The van der Waals surface area contributed by atoms with E-state index in [2.05, 4.69) is 19.2 Å². The van der Waals surface area contributed by atoms with Crippen LogP contribution in [0.4, 0.5) is 9.18 Å². The van der Waals surface area contributed by atoms with E-state index in [-0.39, 0.29) is 69.6 Å². The van der Waals surface area contributed by atoms with Crippen molar-refractivity contribution in [3.05, 3.63) is 132 Å². The van der Waals surface area contributed by atoms with Gasteiger partial charge in [0, 0.05) is 37.7 Å². The molecule has 0 radical (unpaired) electrons. The summed E-state index contributed by atoms with van der Waals surface area (Å²) in [6, 6.07) is 20.7. The highest BCUT2D eigenvalue weighted by Crippen LogP contribution is 2.62. The molecule has 6 rings (SSSR count). The smallest absolute Gasteiger partial charge is 0.410 e. The largest absolute Gasteiger partial charge is 0.490 e. The number of unbranched alkanes of at least 4 members (excludes halogenated alkanes) is 2. The van der Waals surface area contributed by atoms with Crippen molar-refractivity contribution in [2.45, 2.75) is 75.8 Å². The van der Waals surface area contributed by atoms with Crippen LogP contribution in [0.15, 0.2) is 115 Å². The number of carbonyl (C=O) groups excluding carboxylic acids is 1. The summed E-state index contributed by atoms with van der Waals surface area (Å²) in [5, 5.41) is 24.7. The van der Waals surface area contributed by atoms with Crippen LogP contribution in [0, 0.1) is 23.6 Å². The minimum atomic E-state index is -1.51. The Labute approximate surface area is 351 Å². The molecule has 6 unspecified atom stereocenters.